The predicted molar refractivity (Wildman–Crippen MR) is 121 cm³/mol. The molecule has 1 aromatic heterocycles. The molecule has 3 N–H and O–H groups in total. The highest BCUT2D eigenvalue weighted by atomic mass is 16.5. The van der Waals surface area contributed by atoms with E-state index in [0.29, 0.717) is 28.8 Å². The molecule has 2 aromatic carbocycles. The fourth-order valence-electron chi connectivity index (χ4n) is 3.53. The van der Waals surface area contributed by atoms with Gasteiger partial charge in [-0.3, -0.25) is 30.0 Å². The van der Waals surface area contributed by atoms with Gasteiger partial charge in [0.05, 0.1) is 11.1 Å². The first-order chi connectivity index (χ1) is 16.0. The van der Waals surface area contributed by atoms with Crippen LogP contribution < -0.4 is 26.5 Å². The molecule has 0 saturated carbocycles. The van der Waals surface area contributed by atoms with Crippen molar-refractivity contribution in [2.45, 2.75) is 32.7 Å². The van der Waals surface area contributed by atoms with E-state index in [9.17, 15) is 19.2 Å². The molecule has 0 unspecified atom stereocenters. The van der Waals surface area contributed by atoms with Crippen molar-refractivity contribution < 1.29 is 19.1 Å². The predicted octanol–water partition coefficient (Wildman–Crippen LogP) is 1.99. The van der Waals surface area contributed by atoms with E-state index < -0.39 is 11.8 Å². The molecule has 1 aliphatic heterocycles. The number of carbonyl (C=O) groups excluding carboxylic acids is 3. The van der Waals surface area contributed by atoms with Crippen LogP contribution in [0.15, 0.2) is 47.3 Å². The highest BCUT2D eigenvalue weighted by Crippen LogP contribution is 2.28. The Bertz CT molecular complexity index is 1300. The van der Waals surface area contributed by atoms with Gasteiger partial charge in [0.15, 0.2) is 12.3 Å². The number of nitrogens with zero attached hydrogens (tertiary/aromatic N) is 2. The zero-order valence-corrected chi connectivity index (χ0v) is 18.0. The second-order valence-electron chi connectivity index (χ2n) is 7.59. The van der Waals surface area contributed by atoms with Gasteiger partial charge in [-0.25, -0.2) is 4.68 Å². The summed E-state index contributed by atoms with van der Waals surface area (Å²) >= 11 is 0. The molecular weight excluding hydrogens is 426 g/mol. The second kappa shape index (κ2) is 9.51. The number of aryl methyl sites for hydroxylation is 1. The van der Waals surface area contributed by atoms with Gasteiger partial charge in [-0.15, -0.1) is 0 Å². The van der Waals surface area contributed by atoms with Gasteiger partial charge in [0, 0.05) is 17.5 Å². The highest BCUT2D eigenvalue weighted by Gasteiger charge is 2.20. The van der Waals surface area contributed by atoms with Crippen LogP contribution >= 0.6 is 0 Å². The Labute approximate surface area is 188 Å². The quantitative estimate of drug-likeness (QED) is 0.390. The summed E-state index contributed by atoms with van der Waals surface area (Å²) in [5, 5.41) is 7.69. The van der Waals surface area contributed by atoms with Gasteiger partial charge in [-0.2, -0.15) is 5.10 Å². The first-order valence-corrected chi connectivity index (χ1v) is 10.6. The number of ether oxygens (including phenoxy) is 1. The van der Waals surface area contributed by atoms with Crippen LogP contribution in [0.4, 0.5) is 5.69 Å². The van der Waals surface area contributed by atoms with E-state index in [0.717, 1.165) is 19.3 Å². The first-order valence-electron chi connectivity index (χ1n) is 10.6. The van der Waals surface area contributed by atoms with Crippen molar-refractivity contribution in [2.75, 3.05) is 11.9 Å². The summed E-state index contributed by atoms with van der Waals surface area (Å²) in [7, 11) is 0. The number of carbonyl (C=O) groups is 3. The Balaban J connectivity index is 1.53. The molecule has 3 amide bonds. The summed E-state index contributed by atoms with van der Waals surface area (Å²) in [6.07, 6.45) is 2.69. The van der Waals surface area contributed by atoms with E-state index in [1.807, 2.05) is 0 Å². The molecule has 2 heterocycles. The van der Waals surface area contributed by atoms with Crippen LogP contribution in [0, 0.1) is 0 Å². The topological polar surface area (TPSA) is 131 Å². The van der Waals surface area contributed by atoms with E-state index in [4.69, 9.17) is 4.74 Å². The zero-order valence-electron chi connectivity index (χ0n) is 18.0. The summed E-state index contributed by atoms with van der Waals surface area (Å²) < 4.78 is 6.61. The Morgan fingerprint density at radius 1 is 1.06 bits per heavy atom. The lowest BCUT2D eigenvalue weighted by atomic mass is 10.1. The molecule has 0 bridgehead atoms. The van der Waals surface area contributed by atoms with E-state index in [1.54, 1.807) is 30.3 Å². The summed E-state index contributed by atoms with van der Waals surface area (Å²) in [5.74, 6) is -1.14. The lowest BCUT2D eigenvalue weighted by Crippen LogP contribution is -2.43. The van der Waals surface area contributed by atoms with Gasteiger partial charge in [-0.1, -0.05) is 38.0 Å². The highest BCUT2D eigenvalue weighted by molar-refractivity contribution is 6.06. The summed E-state index contributed by atoms with van der Waals surface area (Å²) in [6, 6.07) is 11.2. The van der Waals surface area contributed by atoms with Crippen LogP contribution in [-0.4, -0.2) is 34.1 Å². The molecule has 0 fully saturated rings. The Morgan fingerprint density at radius 2 is 1.82 bits per heavy atom. The van der Waals surface area contributed by atoms with Gasteiger partial charge in [0.2, 0.25) is 0 Å². The van der Waals surface area contributed by atoms with Crippen molar-refractivity contribution in [2.24, 2.45) is 0 Å². The van der Waals surface area contributed by atoms with Crippen molar-refractivity contribution in [3.8, 4) is 5.75 Å². The molecular formula is C23H23N5O5. The maximum absolute atomic E-state index is 12.9. The van der Waals surface area contributed by atoms with Crippen molar-refractivity contribution in [1.29, 1.82) is 0 Å². The van der Waals surface area contributed by atoms with Crippen molar-refractivity contribution in [3.05, 3.63) is 64.1 Å². The van der Waals surface area contributed by atoms with Crippen LogP contribution in [0.1, 0.15) is 47.0 Å². The minimum absolute atomic E-state index is 0.0403. The third-order valence-electron chi connectivity index (χ3n) is 5.22. The fraction of sp³-hybridized carbons (Fsp3) is 0.261. The zero-order chi connectivity index (χ0) is 23.4. The molecule has 0 radical (unpaired) electrons. The van der Waals surface area contributed by atoms with Gasteiger partial charge in [-0.05, 0) is 30.7 Å². The number of benzene rings is 2. The van der Waals surface area contributed by atoms with Crippen LogP contribution in [0.2, 0.25) is 0 Å². The van der Waals surface area contributed by atoms with Crippen LogP contribution in [0.3, 0.4) is 0 Å². The summed E-state index contributed by atoms with van der Waals surface area (Å²) in [6.45, 7) is 2.32. The number of hydrazine groups is 1. The average molecular weight is 449 g/mol. The Kier molecular flexibility index (Phi) is 6.34. The third kappa shape index (κ3) is 4.69. The van der Waals surface area contributed by atoms with E-state index in [-0.39, 0.29) is 29.3 Å². The van der Waals surface area contributed by atoms with Crippen LogP contribution in [-0.2, 0) is 11.3 Å². The van der Waals surface area contributed by atoms with E-state index in [1.165, 1.54) is 16.8 Å². The lowest BCUT2D eigenvalue weighted by Gasteiger charge is -2.18. The maximum Gasteiger partial charge on any atom is 0.290 e. The third-order valence-corrected chi connectivity index (χ3v) is 5.22. The lowest BCUT2D eigenvalue weighted by molar-refractivity contribution is -0.118. The molecule has 3 aromatic rings. The van der Waals surface area contributed by atoms with E-state index in [2.05, 4.69) is 28.2 Å². The fourth-order valence-corrected chi connectivity index (χ4v) is 3.53. The summed E-state index contributed by atoms with van der Waals surface area (Å²) in [4.78, 5) is 49.6. The van der Waals surface area contributed by atoms with Crippen molar-refractivity contribution >= 4 is 34.2 Å². The SMILES string of the molecule is CCCCCn1nc(C(=O)NNC(=O)c2ccc3c(c2)OCC(=O)N3)c2ccccc2c1=O. The Morgan fingerprint density at radius 3 is 2.61 bits per heavy atom. The largest absolute Gasteiger partial charge is 0.482 e. The molecule has 0 atom stereocenters. The number of anilines is 1. The number of rotatable bonds is 6. The second-order valence-corrected chi connectivity index (χ2v) is 7.59. The minimum Gasteiger partial charge on any atom is -0.482 e. The van der Waals surface area contributed by atoms with Gasteiger partial charge in [0.25, 0.3) is 23.3 Å². The molecule has 4 rings (SSSR count). The number of hydrogen-bond donors (Lipinski definition) is 3. The van der Waals surface area contributed by atoms with Gasteiger partial charge < -0.3 is 10.1 Å². The molecule has 170 valence electrons. The minimum atomic E-state index is -0.648. The molecule has 0 spiro atoms. The number of unbranched alkanes of at least 4 members (excludes halogenated alkanes) is 2. The van der Waals surface area contributed by atoms with Crippen molar-refractivity contribution in [3.63, 3.8) is 0 Å². The van der Waals surface area contributed by atoms with Crippen molar-refractivity contribution in [1.82, 2.24) is 20.6 Å². The maximum atomic E-state index is 12.9. The Hall–Kier alpha value is -4.21. The summed E-state index contributed by atoms with van der Waals surface area (Å²) in [5.41, 5.74) is 5.19. The number of nitrogens with one attached hydrogen (secondary N) is 3. The first kappa shape index (κ1) is 22.0. The molecule has 10 heteroatoms. The van der Waals surface area contributed by atoms with Crippen LogP contribution in [0.5, 0.6) is 5.75 Å². The molecule has 1 aliphatic rings. The number of amides is 3. The van der Waals surface area contributed by atoms with E-state index >= 15 is 0 Å². The molecule has 0 aliphatic carbocycles. The van der Waals surface area contributed by atoms with Gasteiger partial charge in [0.1, 0.15) is 5.75 Å². The number of fused-ring (bicyclic) bond motifs is 2. The number of hydrogen-bond acceptors (Lipinski definition) is 6. The molecule has 0 saturated heterocycles. The molecule has 33 heavy (non-hydrogen) atoms. The smallest absolute Gasteiger partial charge is 0.290 e. The molecule has 10 nitrogen and oxygen atoms in total. The monoisotopic (exact) mass is 449 g/mol. The average Bonchev–Trinajstić information content (AvgIpc) is 2.83. The standard InChI is InChI=1S/C23H23N5O5/c1-2-3-6-11-28-23(32)16-8-5-4-7-15(16)20(27-28)22(31)26-25-21(30)14-9-10-17-18(12-14)33-13-19(29)24-17/h4-5,7-10,12H,2-3,6,11,13H2,1H3,(H,24,29)(H,25,30)(H,26,31). The normalized spacial score (nSPS) is 12.5. The number of aromatic nitrogens is 2. The van der Waals surface area contributed by atoms with Crippen LogP contribution in [0.25, 0.3) is 10.8 Å². The van der Waals surface area contributed by atoms with Gasteiger partial charge >= 0.3 is 0 Å².